The molecule has 5 aromatic carbocycles. The highest BCUT2D eigenvalue weighted by Gasteiger charge is 2.27. The van der Waals surface area contributed by atoms with Gasteiger partial charge in [0.1, 0.15) is 43.5 Å². The van der Waals surface area contributed by atoms with E-state index in [1.54, 1.807) is 18.2 Å². The number of nitrogens with one attached hydrogen (secondary N) is 1. The fraction of sp³-hybridized carbons (Fsp3) is 0.267. The number of esters is 2. The Morgan fingerprint density at radius 1 is 0.649 bits per heavy atom. The molecular weight excluding hydrogens is 763 g/mol. The Kier molecular flexibility index (Phi) is 16.8. The van der Waals surface area contributed by atoms with E-state index < -0.39 is 44.0 Å². The topological polar surface area (TPSA) is 126 Å². The summed E-state index contributed by atoms with van der Waals surface area (Å²) in [4.78, 5) is 39.5. The van der Waals surface area contributed by atoms with Gasteiger partial charge in [-0.25, -0.2) is 14.0 Å². The third-order valence-electron chi connectivity index (χ3n) is 8.95. The molecule has 5 rings (SSSR count). The highest BCUT2D eigenvalue weighted by Crippen LogP contribution is 2.30. The Balaban J connectivity index is 0.00000720. The maximum absolute atomic E-state index is 15.2. The molecule has 9 nitrogen and oxygen atoms in total. The van der Waals surface area contributed by atoms with E-state index in [2.05, 4.69) is 25.0 Å². The van der Waals surface area contributed by atoms with Crippen molar-refractivity contribution >= 4 is 38.5 Å². The molecule has 0 aliphatic carbocycles. The normalized spacial score (nSPS) is 12.0. The quantitative estimate of drug-likeness (QED) is 0.0511. The fourth-order valence-corrected chi connectivity index (χ4v) is 6.45. The predicted octanol–water partition coefficient (Wildman–Crippen LogP) is 8.83. The second-order valence-electron chi connectivity index (χ2n) is 14.7. The van der Waals surface area contributed by atoms with Crippen LogP contribution in [0.15, 0.2) is 127 Å². The second-order valence-corrected chi connectivity index (χ2v) is 20.4. The van der Waals surface area contributed by atoms with Gasteiger partial charge in [0.05, 0.1) is 6.61 Å². The van der Waals surface area contributed by atoms with Crippen LogP contribution >= 0.6 is 12.4 Å². The van der Waals surface area contributed by atoms with Crippen LogP contribution in [0.1, 0.15) is 27.8 Å². The Bertz CT molecular complexity index is 2050. The molecule has 1 amide bonds. The summed E-state index contributed by atoms with van der Waals surface area (Å²) in [6, 6.07) is 36.7. The van der Waals surface area contributed by atoms with Crippen molar-refractivity contribution in [2.75, 3.05) is 6.61 Å². The number of carbonyl (C=O) groups is 3. The van der Waals surface area contributed by atoms with Crippen LogP contribution in [0.25, 0.3) is 11.1 Å². The lowest BCUT2D eigenvalue weighted by atomic mass is 9.95. The molecule has 0 saturated heterocycles. The highest BCUT2D eigenvalue weighted by atomic mass is 35.5. The summed E-state index contributed by atoms with van der Waals surface area (Å²) in [6.07, 6.45) is -0.847. The van der Waals surface area contributed by atoms with E-state index in [-0.39, 0.29) is 57.2 Å². The minimum absolute atomic E-state index is 0. The molecule has 3 N–H and O–H groups in total. The summed E-state index contributed by atoms with van der Waals surface area (Å²) in [6.45, 7) is 7.12. The van der Waals surface area contributed by atoms with Gasteiger partial charge in [-0.05, 0) is 69.3 Å². The van der Waals surface area contributed by atoms with Gasteiger partial charge in [0.15, 0.2) is 0 Å². The molecule has 0 heterocycles. The molecule has 57 heavy (non-hydrogen) atoms. The number of ether oxygens (including phenoxy) is 4. The van der Waals surface area contributed by atoms with E-state index in [1.165, 1.54) is 6.07 Å². The first kappa shape index (κ1) is 44.2. The van der Waals surface area contributed by atoms with Crippen molar-refractivity contribution in [1.82, 2.24) is 5.32 Å². The third kappa shape index (κ3) is 14.5. The van der Waals surface area contributed by atoms with E-state index in [0.29, 0.717) is 22.4 Å². The summed E-state index contributed by atoms with van der Waals surface area (Å²) in [7, 11) is -1.53. The van der Waals surface area contributed by atoms with Crippen LogP contribution in [0.5, 0.6) is 5.75 Å². The van der Waals surface area contributed by atoms with E-state index in [1.807, 2.05) is 103 Å². The molecule has 0 bridgehead atoms. The summed E-state index contributed by atoms with van der Waals surface area (Å²) < 4.78 is 38.0. The van der Waals surface area contributed by atoms with E-state index in [0.717, 1.165) is 22.7 Å². The number of alkyl carbamates (subject to hydrolysis) is 1. The van der Waals surface area contributed by atoms with Gasteiger partial charge in [0, 0.05) is 20.9 Å². The lowest BCUT2D eigenvalue weighted by Crippen LogP contribution is -2.44. The maximum atomic E-state index is 15.2. The number of halogens is 2. The summed E-state index contributed by atoms with van der Waals surface area (Å²) in [5.41, 5.74) is 10.9. The minimum atomic E-state index is -1.53. The van der Waals surface area contributed by atoms with Crippen LogP contribution in [0.3, 0.4) is 0 Å². The largest absolute Gasteiger partial charge is 0.489 e. The molecule has 0 aliphatic heterocycles. The van der Waals surface area contributed by atoms with Gasteiger partial charge in [-0.2, -0.15) is 0 Å². The van der Waals surface area contributed by atoms with Crippen molar-refractivity contribution in [3.63, 3.8) is 0 Å². The van der Waals surface area contributed by atoms with Crippen molar-refractivity contribution < 1.29 is 37.7 Å². The van der Waals surface area contributed by atoms with Crippen LogP contribution in [0.2, 0.25) is 25.7 Å². The van der Waals surface area contributed by atoms with Crippen molar-refractivity contribution in [2.24, 2.45) is 5.73 Å². The zero-order valence-corrected chi connectivity index (χ0v) is 34.3. The molecule has 0 saturated carbocycles. The maximum Gasteiger partial charge on any atom is 0.408 e. The Morgan fingerprint density at radius 2 is 1.18 bits per heavy atom. The highest BCUT2D eigenvalue weighted by molar-refractivity contribution is 6.76. The first-order valence-corrected chi connectivity index (χ1v) is 22.3. The molecule has 0 fully saturated rings. The smallest absolute Gasteiger partial charge is 0.408 e. The average molecular weight is 813 g/mol. The molecule has 5 aromatic rings. The lowest BCUT2D eigenvalue weighted by Gasteiger charge is -2.21. The monoisotopic (exact) mass is 812 g/mol. The number of carbonyl (C=O) groups excluding carboxylic acids is 3. The van der Waals surface area contributed by atoms with Gasteiger partial charge in [-0.3, -0.25) is 4.79 Å². The molecule has 0 aromatic heterocycles. The lowest BCUT2D eigenvalue weighted by molar-refractivity contribution is -0.147. The van der Waals surface area contributed by atoms with Gasteiger partial charge in [0.25, 0.3) is 0 Å². The van der Waals surface area contributed by atoms with Gasteiger partial charge in [0.2, 0.25) is 0 Å². The van der Waals surface area contributed by atoms with E-state index in [9.17, 15) is 14.4 Å². The summed E-state index contributed by atoms with van der Waals surface area (Å²) >= 11 is 0. The number of rotatable bonds is 18. The van der Waals surface area contributed by atoms with Crippen molar-refractivity contribution in [2.45, 2.75) is 70.4 Å². The Labute approximate surface area is 341 Å². The molecule has 0 aliphatic rings. The number of amides is 1. The molecular formula is C45H50ClFN2O7Si. The molecule has 12 heteroatoms. The van der Waals surface area contributed by atoms with Crippen LogP contribution in [-0.4, -0.2) is 44.8 Å². The first-order valence-electron chi connectivity index (χ1n) is 18.6. The fourth-order valence-electron chi connectivity index (χ4n) is 5.74. The van der Waals surface area contributed by atoms with Crippen LogP contribution in [-0.2, 0) is 56.5 Å². The van der Waals surface area contributed by atoms with Crippen molar-refractivity contribution in [1.29, 1.82) is 0 Å². The number of hydrogen-bond acceptors (Lipinski definition) is 8. The number of benzene rings is 5. The minimum Gasteiger partial charge on any atom is -0.489 e. The Hall–Kier alpha value is -5.49. The average Bonchev–Trinajstić information content (AvgIpc) is 3.19. The van der Waals surface area contributed by atoms with E-state index in [4.69, 9.17) is 24.7 Å². The first-order chi connectivity index (χ1) is 26.9. The Morgan fingerprint density at radius 3 is 1.75 bits per heavy atom. The molecule has 0 radical (unpaired) electrons. The zero-order valence-electron chi connectivity index (χ0n) is 32.5. The molecule has 0 spiro atoms. The van der Waals surface area contributed by atoms with Gasteiger partial charge in [-0.1, -0.05) is 123 Å². The SMILES string of the molecule is C[Si](C)(C)CCOC(=O)[C@H](Cc1cc(-c2ccc(F)c(C[C@H](N)C(=O)OCc3ccccc3)c2)ccc1OCc1ccccc1)NC(=O)OCc1ccccc1.Cl. The predicted molar refractivity (Wildman–Crippen MR) is 224 cm³/mol. The second kappa shape index (κ2) is 21.7. The summed E-state index contributed by atoms with van der Waals surface area (Å²) in [5, 5.41) is 2.73. The standard InChI is InChI=1S/C45H49FN2O7Si.ClH/c1-56(2,3)24-23-52-44(50)41(48-45(51)55-31-34-17-11-6-12-18-34)28-38-26-36(20-22-42(38)53-29-32-13-7-4-8-14-32)35-19-21-39(46)37(25-35)27-40(47)43(49)54-30-33-15-9-5-10-16-33;/h4-22,25-26,40-41H,23-24,27-31,47H2,1-3H3,(H,48,51);1H/t40-,41-;/m0./s1. The van der Waals surface area contributed by atoms with Gasteiger partial charge >= 0.3 is 18.0 Å². The van der Waals surface area contributed by atoms with Crippen molar-refractivity contribution in [3.05, 3.63) is 161 Å². The zero-order chi connectivity index (χ0) is 39.9. The molecule has 2 atom stereocenters. The third-order valence-corrected chi connectivity index (χ3v) is 10.7. The molecule has 0 unspecified atom stereocenters. The summed E-state index contributed by atoms with van der Waals surface area (Å²) in [5.74, 6) is -1.26. The number of hydrogen-bond donors (Lipinski definition) is 2. The number of nitrogens with two attached hydrogens (primary N) is 1. The van der Waals surface area contributed by atoms with Crippen LogP contribution in [0, 0.1) is 5.82 Å². The van der Waals surface area contributed by atoms with Gasteiger partial charge < -0.3 is 30.0 Å². The van der Waals surface area contributed by atoms with Crippen LogP contribution in [0.4, 0.5) is 9.18 Å². The van der Waals surface area contributed by atoms with Crippen LogP contribution < -0.4 is 15.8 Å². The van der Waals surface area contributed by atoms with E-state index >= 15 is 4.39 Å². The molecule has 300 valence electrons. The van der Waals surface area contributed by atoms with Gasteiger partial charge in [-0.15, -0.1) is 12.4 Å². The van der Waals surface area contributed by atoms with Crippen molar-refractivity contribution in [3.8, 4) is 16.9 Å².